The van der Waals surface area contributed by atoms with Crippen LogP contribution in [0.25, 0.3) is 0 Å². The van der Waals surface area contributed by atoms with Crippen LogP contribution in [-0.4, -0.2) is 88.0 Å². The Labute approximate surface area is 271 Å². The molecule has 2 aromatic carbocycles. The molecule has 12 nitrogen and oxygen atoms in total. The van der Waals surface area contributed by atoms with Crippen molar-refractivity contribution in [2.24, 2.45) is 0 Å². The smallest absolute Gasteiger partial charge is 0.421 e. The topological polar surface area (TPSA) is 138 Å². The lowest BCUT2D eigenvalue weighted by atomic mass is 9.85. The number of aromatic nitrogens is 2. The van der Waals surface area contributed by atoms with E-state index in [0.717, 1.165) is 55.3 Å². The molecule has 1 aliphatic carbocycles. The summed E-state index contributed by atoms with van der Waals surface area (Å²) < 4.78 is 78.2. The third-order valence-corrected chi connectivity index (χ3v) is 9.53. The summed E-state index contributed by atoms with van der Waals surface area (Å²) in [5.41, 5.74) is 1.15. The zero-order valence-electron chi connectivity index (χ0n) is 26.5. The van der Waals surface area contributed by atoms with E-state index in [2.05, 4.69) is 30.8 Å². The van der Waals surface area contributed by atoms with E-state index in [0.29, 0.717) is 34.7 Å². The summed E-state index contributed by atoms with van der Waals surface area (Å²) in [6, 6.07) is 10.2. The predicted octanol–water partition coefficient (Wildman–Crippen LogP) is 4.16. The van der Waals surface area contributed by atoms with Gasteiger partial charge in [-0.1, -0.05) is 12.1 Å². The minimum atomic E-state index is -4.77. The average Bonchev–Trinajstić information content (AvgIpc) is 3.01. The number of sulfonamides is 1. The van der Waals surface area contributed by atoms with Crippen molar-refractivity contribution in [3.8, 4) is 5.75 Å². The van der Waals surface area contributed by atoms with Crippen LogP contribution in [-0.2, 0) is 27.5 Å². The van der Waals surface area contributed by atoms with Gasteiger partial charge in [-0.05, 0) is 55.2 Å². The highest BCUT2D eigenvalue weighted by Crippen LogP contribution is 2.36. The molecular formula is C31H38F3N7O5S. The summed E-state index contributed by atoms with van der Waals surface area (Å²) in [6.07, 6.45) is -1.34. The number of anilines is 4. The van der Waals surface area contributed by atoms with Gasteiger partial charge in [0.15, 0.2) is 0 Å². The Morgan fingerprint density at radius 2 is 1.87 bits per heavy atom. The molecule has 0 bridgehead atoms. The minimum Gasteiger partial charge on any atom is -0.495 e. The predicted molar refractivity (Wildman–Crippen MR) is 172 cm³/mol. The van der Waals surface area contributed by atoms with E-state index in [-0.39, 0.29) is 30.2 Å². The highest BCUT2D eigenvalue weighted by atomic mass is 32.2. The summed E-state index contributed by atoms with van der Waals surface area (Å²) >= 11 is 0. The Hall–Kier alpha value is -4.15. The van der Waals surface area contributed by atoms with Gasteiger partial charge in [0.1, 0.15) is 17.1 Å². The van der Waals surface area contributed by atoms with E-state index in [1.165, 1.54) is 20.2 Å². The number of nitrogens with zero attached hydrogens (tertiary/aromatic N) is 4. The molecule has 0 unspecified atom stereocenters. The van der Waals surface area contributed by atoms with E-state index in [1.807, 2.05) is 0 Å². The number of benzene rings is 2. The Bertz CT molecular complexity index is 1710. The molecule has 16 heteroatoms. The second kappa shape index (κ2) is 13.9. The van der Waals surface area contributed by atoms with Gasteiger partial charge in [0, 0.05) is 50.5 Å². The molecule has 1 aliphatic heterocycles. The van der Waals surface area contributed by atoms with Crippen LogP contribution < -0.4 is 25.0 Å². The first kappa shape index (κ1) is 34.2. The Balaban J connectivity index is 1.30. The van der Waals surface area contributed by atoms with E-state index in [9.17, 15) is 26.4 Å². The van der Waals surface area contributed by atoms with Crippen LogP contribution in [0.15, 0.2) is 42.6 Å². The summed E-state index contributed by atoms with van der Waals surface area (Å²) in [6.45, 7) is 4.87. The quantitative estimate of drug-likeness (QED) is 0.271. The molecule has 2 aliphatic rings. The van der Waals surface area contributed by atoms with Gasteiger partial charge in [-0.25, -0.2) is 13.4 Å². The molecule has 3 N–H and O–H groups in total. The molecule has 0 atom stereocenters. The van der Waals surface area contributed by atoms with Gasteiger partial charge in [0.2, 0.25) is 16.0 Å². The van der Waals surface area contributed by atoms with E-state index in [1.54, 1.807) is 37.3 Å². The molecule has 47 heavy (non-hydrogen) atoms. The summed E-state index contributed by atoms with van der Waals surface area (Å²) in [4.78, 5) is 23.3. The van der Waals surface area contributed by atoms with Crippen molar-refractivity contribution in [2.75, 3.05) is 61.7 Å². The van der Waals surface area contributed by atoms with Crippen molar-refractivity contribution in [3.05, 3.63) is 64.8 Å². The van der Waals surface area contributed by atoms with Crippen molar-refractivity contribution in [2.45, 2.75) is 44.6 Å². The van der Waals surface area contributed by atoms with Gasteiger partial charge in [-0.2, -0.15) is 18.2 Å². The molecule has 1 saturated heterocycles. The fraction of sp³-hybridized carbons (Fsp3) is 0.452. The fourth-order valence-corrected chi connectivity index (χ4v) is 6.06. The van der Waals surface area contributed by atoms with Crippen molar-refractivity contribution >= 4 is 39.1 Å². The average molecular weight is 678 g/mol. The summed E-state index contributed by atoms with van der Waals surface area (Å²) in [5.74, 6) is -0.649. The molecule has 2 heterocycles. The van der Waals surface area contributed by atoms with Gasteiger partial charge in [-0.15, -0.1) is 0 Å². The molecule has 0 radical (unpaired) electrons. The number of amides is 1. The first-order chi connectivity index (χ1) is 22.2. The number of hydrogen-bond acceptors (Lipinski definition) is 10. The lowest BCUT2D eigenvalue weighted by Gasteiger charge is -2.44. The van der Waals surface area contributed by atoms with Crippen LogP contribution in [0.5, 0.6) is 5.75 Å². The lowest BCUT2D eigenvalue weighted by Crippen LogP contribution is -2.56. The normalized spacial score (nSPS) is 18.6. The van der Waals surface area contributed by atoms with Crippen LogP contribution in [0.2, 0.25) is 0 Å². The summed E-state index contributed by atoms with van der Waals surface area (Å²) in [7, 11) is -0.845. The van der Waals surface area contributed by atoms with Crippen LogP contribution in [0, 0.1) is 6.92 Å². The van der Waals surface area contributed by atoms with Crippen molar-refractivity contribution < 1.29 is 35.9 Å². The number of methoxy groups -OCH3 is 1. The number of alkyl halides is 3. The summed E-state index contributed by atoms with van der Waals surface area (Å²) in [5, 5.41) is 8.64. The SMILES string of the molecule is COc1cc(C(=O)NC2CC(N3CCOCC3)C2)ccc1Nc1ncc(C(F)(F)F)c(NCc2ccc(C)cc2N(C)S(C)(=O)=O)n1. The highest BCUT2D eigenvalue weighted by Gasteiger charge is 2.36. The highest BCUT2D eigenvalue weighted by molar-refractivity contribution is 7.92. The first-order valence-corrected chi connectivity index (χ1v) is 16.9. The maximum atomic E-state index is 13.9. The zero-order valence-corrected chi connectivity index (χ0v) is 27.3. The van der Waals surface area contributed by atoms with Gasteiger partial charge in [0.05, 0.1) is 38.0 Å². The lowest BCUT2D eigenvalue weighted by molar-refractivity contribution is -0.137. The number of nitrogens with one attached hydrogen (secondary N) is 3. The molecule has 0 spiro atoms. The Kier molecular flexibility index (Phi) is 10.1. The number of aryl methyl sites for hydroxylation is 1. The fourth-order valence-electron chi connectivity index (χ4n) is 5.53. The molecule has 254 valence electrons. The molecular weight excluding hydrogens is 639 g/mol. The number of rotatable bonds is 11. The molecule has 1 aromatic heterocycles. The van der Waals surface area contributed by atoms with Crippen molar-refractivity contribution in [3.63, 3.8) is 0 Å². The van der Waals surface area contributed by atoms with Crippen LogP contribution in [0.4, 0.5) is 36.3 Å². The number of ether oxygens (including phenoxy) is 2. The van der Waals surface area contributed by atoms with E-state index < -0.39 is 27.6 Å². The monoisotopic (exact) mass is 677 g/mol. The Morgan fingerprint density at radius 1 is 1.15 bits per heavy atom. The van der Waals surface area contributed by atoms with Crippen LogP contribution in [0.1, 0.15) is 39.9 Å². The molecule has 1 amide bonds. The third-order valence-electron chi connectivity index (χ3n) is 8.34. The second-order valence-corrected chi connectivity index (χ2v) is 13.7. The number of morpholine rings is 1. The van der Waals surface area contributed by atoms with Gasteiger partial charge >= 0.3 is 6.18 Å². The maximum absolute atomic E-state index is 13.9. The van der Waals surface area contributed by atoms with Crippen molar-refractivity contribution in [1.82, 2.24) is 20.2 Å². The largest absolute Gasteiger partial charge is 0.495 e. The number of halogens is 3. The zero-order chi connectivity index (χ0) is 33.9. The standard InChI is InChI=1S/C31H38F3N7O5S/c1-19-5-6-21(26(13-19)40(2)47(4,43)44)17-35-28-24(31(32,33)34)18-36-30(39-28)38-25-8-7-20(14-27(25)45-3)29(42)37-22-15-23(16-22)41-9-11-46-12-10-41/h5-8,13-14,18,22-23H,9-12,15-17H2,1-4H3,(H,37,42)(H2,35,36,38,39). The minimum absolute atomic E-state index is 0.0633. The molecule has 2 fully saturated rings. The third kappa shape index (κ3) is 8.23. The molecule has 3 aromatic rings. The Morgan fingerprint density at radius 3 is 2.53 bits per heavy atom. The van der Waals surface area contributed by atoms with Crippen molar-refractivity contribution in [1.29, 1.82) is 0 Å². The molecule has 1 saturated carbocycles. The molecule has 5 rings (SSSR count). The van der Waals surface area contributed by atoms with Gasteiger partial charge in [-0.3, -0.25) is 14.0 Å². The van der Waals surface area contributed by atoms with Gasteiger partial charge in [0.25, 0.3) is 5.91 Å². The van der Waals surface area contributed by atoms with E-state index >= 15 is 0 Å². The second-order valence-electron chi connectivity index (χ2n) is 11.7. The number of carbonyl (C=O) groups excluding carboxylic acids is 1. The van der Waals surface area contributed by atoms with Crippen LogP contribution in [0.3, 0.4) is 0 Å². The van der Waals surface area contributed by atoms with Gasteiger partial charge < -0.3 is 25.4 Å². The maximum Gasteiger partial charge on any atom is 0.421 e. The first-order valence-electron chi connectivity index (χ1n) is 15.0. The van der Waals surface area contributed by atoms with Crippen LogP contribution >= 0.6 is 0 Å². The van der Waals surface area contributed by atoms with E-state index in [4.69, 9.17) is 9.47 Å². The number of carbonyl (C=O) groups is 1. The number of hydrogen-bond donors (Lipinski definition) is 3.